The van der Waals surface area contributed by atoms with Gasteiger partial charge in [-0.1, -0.05) is 84.9 Å². The smallest absolute Gasteiger partial charge is 0.323 e. The Bertz CT molecular complexity index is 927. The van der Waals surface area contributed by atoms with Gasteiger partial charge in [-0.2, -0.15) is 0 Å². The first-order chi connectivity index (χ1) is 14.1. The average molecular weight is 405 g/mol. The van der Waals surface area contributed by atoms with Crippen LogP contribution >= 0.6 is 9.24 Å². The zero-order valence-electron chi connectivity index (χ0n) is 16.1. The first-order valence-electron chi connectivity index (χ1n) is 9.48. The highest BCUT2D eigenvalue weighted by molar-refractivity contribution is 7.27. The van der Waals surface area contributed by atoms with E-state index in [0.717, 1.165) is 16.4 Å². The average Bonchev–Trinajstić information content (AvgIpc) is 2.77. The van der Waals surface area contributed by atoms with Gasteiger partial charge in [0.2, 0.25) is 0 Å². The number of hydrogen-bond acceptors (Lipinski definition) is 4. The van der Waals surface area contributed by atoms with Gasteiger partial charge in [-0.15, -0.1) is 9.24 Å². The lowest BCUT2D eigenvalue weighted by Gasteiger charge is -2.18. The monoisotopic (exact) mass is 405 g/mol. The molecular formula is C24H24NO3P. The number of Topliss-reactive ketones (excluding diaryl/α,β-unsaturated/α-hetero) is 1. The maximum absolute atomic E-state index is 12.7. The van der Waals surface area contributed by atoms with Crippen molar-refractivity contribution in [1.82, 2.24) is 5.32 Å². The Labute approximate surface area is 173 Å². The number of carbonyl (C=O) groups excluding carboxylic acids is 2. The molecule has 3 aromatic carbocycles. The highest BCUT2D eigenvalue weighted by atomic mass is 31.0. The summed E-state index contributed by atoms with van der Waals surface area (Å²) >= 11 is 0. The van der Waals surface area contributed by atoms with Crippen molar-refractivity contribution >= 4 is 26.3 Å². The van der Waals surface area contributed by atoms with Gasteiger partial charge >= 0.3 is 5.97 Å². The number of esters is 1. The van der Waals surface area contributed by atoms with Gasteiger partial charge in [-0.25, -0.2) is 0 Å². The third-order valence-electron chi connectivity index (χ3n) is 4.53. The third kappa shape index (κ3) is 6.63. The van der Waals surface area contributed by atoms with Crippen LogP contribution in [0.25, 0.3) is 0 Å². The molecule has 0 aliphatic carbocycles. The van der Waals surface area contributed by atoms with Gasteiger partial charge in [0.15, 0.2) is 5.78 Å². The molecule has 0 aromatic heterocycles. The Kier molecular flexibility index (Phi) is 7.69. The van der Waals surface area contributed by atoms with Crippen molar-refractivity contribution in [2.45, 2.75) is 19.1 Å². The molecule has 0 saturated carbocycles. The maximum atomic E-state index is 12.7. The number of hydrogen-bond donors (Lipinski definition) is 1. The fraction of sp³-hybridized carbons (Fsp3) is 0.167. The minimum atomic E-state index is -0.605. The Hall–Kier alpha value is -2.81. The van der Waals surface area contributed by atoms with Crippen molar-refractivity contribution in [1.29, 1.82) is 0 Å². The van der Waals surface area contributed by atoms with Gasteiger partial charge in [0.05, 0.1) is 6.54 Å². The van der Waals surface area contributed by atoms with Crippen LogP contribution in [0.2, 0.25) is 0 Å². The summed E-state index contributed by atoms with van der Waals surface area (Å²) in [7, 11) is 2.62. The van der Waals surface area contributed by atoms with Gasteiger partial charge < -0.3 is 4.74 Å². The van der Waals surface area contributed by atoms with E-state index in [4.69, 9.17) is 4.74 Å². The molecule has 0 spiro atoms. The normalized spacial score (nSPS) is 11.6. The first kappa shape index (κ1) is 20.9. The third-order valence-corrected chi connectivity index (χ3v) is 4.92. The molecule has 2 atom stereocenters. The molecule has 0 radical (unpaired) electrons. The second kappa shape index (κ2) is 10.7. The molecule has 0 aliphatic rings. The van der Waals surface area contributed by atoms with E-state index in [2.05, 4.69) is 14.6 Å². The highest BCUT2D eigenvalue weighted by Gasteiger charge is 2.21. The van der Waals surface area contributed by atoms with E-state index >= 15 is 0 Å². The molecule has 3 rings (SSSR count). The molecule has 5 heteroatoms. The molecule has 0 amide bonds. The van der Waals surface area contributed by atoms with Crippen molar-refractivity contribution in [2.24, 2.45) is 0 Å². The van der Waals surface area contributed by atoms with Gasteiger partial charge in [-0.05, 0) is 22.9 Å². The van der Waals surface area contributed by atoms with E-state index in [-0.39, 0.29) is 24.9 Å². The van der Waals surface area contributed by atoms with Crippen LogP contribution < -0.4 is 10.6 Å². The van der Waals surface area contributed by atoms with Crippen molar-refractivity contribution in [3.8, 4) is 0 Å². The number of benzene rings is 3. The summed E-state index contributed by atoms with van der Waals surface area (Å²) in [6.07, 6.45) is 0.451. The van der Waals surface area contributed by atoms with Crippen molar-refractivity contribution in [3.05, 3.63) is 102 Å². The van der Waals surface area contributed by atoms with E-state index < -0.39 is 6.04 Å². The topological polar surface area (TPSA) is 55.4 Å². The maximum Gasteiger partial charge on any atom is 0.323 e. The second-order valence-corrected chi connectivity index (χ2v) is 7.43. The Balaban J connectivity index is 1.64. The Morgan fingerprint density at radius 1 is 0.828 bits per heavy atom. The van der Waals surface area contributed by atoms with Crippen LogP contribution in [-0.2, 0) is 22.6 Å². The van der Waals surface area contributed by atoms with E-state index in [0.29, 0.717) is 12.0 Å². The largest absolute Gasteiger partial charge is 0.460 e. The number of ether oxygens (including phenoxy) is 1. The van der Waals surface area contributed by atoms with Crippen molar-refractivity contribution < 1.29 is 14.3 Å². The standard InChI is InChI=1S/C24H24NO3P/c26-23(20-9-5-2-6-10-20)16-25-22(15-18-7-3-1-4-8-18)24(27)28-17-19-11-13-21(29)14-12-19/h1-14,22,25H,15-17,29H2. The van der Waals surface area contributed by atoms with Crippen molar-refractivity contribution in [3.63, 3.8) is 0 Å². The summed E-state index contributed by atoms with van der Waals surface area (Å²) in [5.41, 5.74) is 2.54. The molecule has 0 bridgehead atoms. The Morgan fingerprint density at radius 2 is 1.45 bits per heavy atom. The van der Waals surface area contributed by atoms with E-state index in [1.165, 1.54) is 0 Å². The molecule has 148 valence electrons. The molecular weight excluding hydrogens is 381 g/mol. The lowest BCUT2D eigenvalue weighted by molar-refractivity contribution is -0.147. The number of rotatable bonds is 9. The SMILES string of the molecule is O=C(CNC(Cc1ccccc1)C(=O)OCc1ccc(P)cc1)c1ccccc1. The fourth-order valence-corrected chi connectivity index (χ4v) is 3.09. The first-order valence-corrected chi connectivity index (χ1v) is 10.1. The zero-order valence-corrected chi connectivity index (χ0v) is 17.2. The predicted octanol–water partition coefficient (Wildman–Crippen LogP) is 3.31. The predicted molar refractivity (Wildman–Crippen MR) is 118 cm³/mol. The summed E-state index contributed by atoms with van der Waals surface area (Å²) < 4.78 is 5.52. The van der Waals surface area contributed by atoms with Crippen LogP contribution in [0.1, 0.15) is 21.5 Å². The number of nitrogens with one attached hydrogen (secondary N) is 1. The van der Waals surface area contributed by atoms with Crippen LogP contribution in [0, 0.1) is 0 Å². The molecule has 3 aromatic rings. The Morgan fingerprint density at radius 3 is 2.10 bits per heavy atom. The number of ketones is 1. The minimum absolute atomic E-state index is 0.0625. The molecule has 2 unspecified atom stereocenters. The lowest BCUT2D eigenvalue weighted by atomic mass is 10.1. The summed E-state index contributed by atoms with van der Waals surface area (Å²) in [6, 6.07) is 25.9. The molecule has 4 nitrogen and oxygen atoms in total. The second-order valence-electron chi connectivity index (χ2n) is 6.76. The van der Waals surface area contributed by atoms with Gasteiger partial charge in [0.25, 0.3) is 0 Å². The van der Waals surface area contributed by atoms with E-state index in [9.17, 15) is 9.59 Å². The molecule has 0 fully saturated rings. The molecule has 0 heterocycles. The quantitative estimate of drug-likeness (QED) is 0.337. The summed E-state index contributed by atoms with van der Waals surface area (Å²) in [4.78, 5) is 25.2. The van der Waals surface area contributed by atoms with Gasteiger partial charge in [-0.3, -0.25) is 14.9 Å². The minimum Gasteiger partial charge on any atom is -0.460 e. The summed E-state index contributed by atoms with van der Waals surface area (Å²) in [6.45, 7) is 0.266. The molecule has 0 aliphatic heterocycles. The molecule has 1 N–H and O–H groups in total. The zero-order chi connectivity index (χ0) is 20.5. The highest BCUT2D eigenvalue weighted by Crippen LogP contribution is 2.08. The van der Waals surface area contributed by atoms with E-state index in [1.807, 2.05) is 72.8 Å². The van der Waals surface area contributed by atoms with Crippen LogP contribution in [0.3, 0.4) is 0 Å². The number of carbonyl (C=O) groups is 2. The van der Waals surface area contributed by atoms with Gasteiger partial charge in [0.1, 0.15) is 12.6 Å². The summed E-state index contributed by atoms with van der Waals surface area (Å²) in [5.74, 6) is -0.433. The molecule has 0 saturated heterocycles. The lowest BCUT2D eigenvalue weighted by Crippen LogP contribution is -2.42. The fourth-order valence-electron chi connectivity index (χ4n) is 2.90. The van der Waals surface area contributed by atoms with Crippen LogP contribution in [0.5, 0.6) is 0 Å². The van der Waals surface area contributed by atoms with Gasteiger partial charge in [0, 0.05) is 5.56 Å². The summed E-state index contributed by atoms with van der Waals surface area (Å²) in [5, 5.41) is 4.16. The van der Waals surface area contributed by atoms with Crippen LogP contribution in [0.4, 0.5) is 0 Å². The van der Waals surface area contributed by atoms with Crippen molar-refractivity contribution in [2.75, 3.05) is 6.54 Å². The molecule has 29 heavy (non-hydrogen) atoms. The van der Waals surface area contributed by atoms with Crippen LogP contribution in [0.15, 0.2) is 84.9 Å². The van der Waals surface area contributed by atoms with E-state index in [1.54, 1.807) is 12.1 Å². The van der Waals surface area contributed by atoms with Crippen LogP contribution in [-0.4, -0.2) is 24.3 Å².